The Hall–Kier alpha value is -2.06. The van der Waals surface area contributed by atoms with E-state index in [1.807, 2.05) is 0 Å². The fourth-order valence-electron chi connectivity index (χ4n) is 1.31. The monoisotopic (exact) mass is 292 g/mol. The highest BCUT2D eigenvalue weighted by Gasteiger charge is 2.35. The first kappa shape index (κ1) is 16.0. The number of rotatable bonds is 6. The number of nitrogens with one attached hydrogen (secondary N) is 2. The molecule has 0 fully saturated rings. The summed E-state index contributed by atoms with van der Waals surface area (Å²) in [5.41, 5.74) is 0. The molecular formula is C11H15F3N4O2. The summed E-state index contributed by atoms with van der Waals surface area (Å²) in [7, 11) is 0. The molecule has 1 rings (SSSR count). The van der Waals surface area contributed by atoms with E-state index >= 15 is 0 Å². The summed E-state index contributed by atoms with van der Waals surface area (Å²) < 4.78 is 42.6. The van der Waals surface area contributed by atoms with Gasteiger partial charge in [0.15, 0.2) is 0 Å². The van der Waals surface area contributed by atoms with Crippen LogP contribution >= 0.6 is 0 Å². The average Bonchev–Trinajstić information content (AvgIpc) is 2.36. The van der Waals surface area contributed by atoms with Gasteiger partial charge >= 0.3 is 12.1 Å². The molecule has 0 spiro atoms. The Morgan fingerprint density at radius 2 is 1.85 bits per heavy atom. The van der Waals surface area contributed by atoms with Crippen LogP contribution in [0.5, 0.6) is 0 Å². The first-order chi connectivity index (χ1) is 9.36. The van der Waals surface area contributed by atoms with E-state index < -0.39 is 18.0 Å². The number of aromatic nitrogens is 2. The molecule has 0 aromatic carbocycles. The lowest BCUT2D eigenvalue weighted by Crippen LogP contribution is -2.19. The molecule has 20 heavy (non-hydrogen) atoms. The lowest BCUT2D eigenvalue weighted by Gasteiger charge is -2.11. The number of nitrogens with zero attached hydrogens (tertiary/aromatic N) is 2. The predicted octanol–water partition coefficient (Wildman–Crippen LogP) is 1.90. The molecule has 0 radical (unpaired) electrons. The maximum absolute atomic E-state index is 12.6. The normalized spacial score (nSPS) is 11.1. The third kappa shape index (κ3) is 4.90. The summed E-state index contributed by atoms with van der Waals surface area (Å²) in [6.45, 7) is 3.69. The van der Waals surface area contributed by atoms with Crippen molar-refractivity contribution in [3.63, 3.8) is 0 Å². The van der Waals surface area contributed by atoms with Crippen LogP contribution in [0.2, 0.25) is 0 Å². The fourth-order valence-corrected chi connectivity index (χ4v) is 1.31. The molecule has 0 amide bonds. The predicted molar refractivity (Wildman–Crippen MR) is 66.3 cm³/mol. The van der Waals surface area contributed by atoms with E-state index in [0.29, 0.717) is 6.54 Å². The van der Waals surface area contributed by atoms with Gasteiger partial charge < -0.3 is 15.4 Å². The van der Waals surface area contributed by atoms with E-state index in [4.69, 9.17) is 0 Å². The Morgan fingerprint density at radius 3 is 2.35 bits per heavy atom. The van der Waals surface area contributed by atoms with E-state index in [2.05, 4.69) is 25.3 Å². The quantitative estimate of drug-likeness (QED) is 0.780. The molecule has 1 aromatic heterocycles. The second-order valence-electron chi connectivity index (χ2n) is 3.65. The van der Waals surface area contributed by atoms with Crippen LogP contribution in [-0.2, 0) is 15.7 Å². The summed E-state index contributed by atoms with van der Waals surface area (Å²) in [4.78, 5) is 17.8. The maximum atomic E-state index is 12.6. The lowest BCUT2D eigenvalue weighted by molar-refractivity contribution is -0.144. The molecule has 0 bridgehead atoms. The lowest BCUT2D eigenvalue weighted by atomic mass is 10.4. The van der Waals surface area contributed by atoms with Crippen LogP contribution in [0.25, 0.3) is 0 Å². The smallest absolute Gasteiger partial charge is 0.451 e. The van der Waals surface area contributed by atoms with Crippen molar-refractivity contribution in [1.29, 1.82) is 0 Å². The maximum Gasteiger partial charge on any atom is 0.451 e. The Balaban J connectivity index is 2.89. The average molecular weight is 292 g/mol. The fraction of sp³-hybridized carbons (Fsp3) is 0.545. The van der Waals surface area contributed by atoms with Crippen molar-refractivity contribution in [2.24, 2.45) is 0 Å². The second-order valence-corrected chi connectivity index (χ2v) is 3.65. The minimum Gasteiger partial charge on any atom is -0.465 e. The van der Waals surface area contributed by atoms with Crippen LogP contribution in [0.3, 0.4) is 0 Å². The summed E-state index contributed by atoms with van der Waals surface area (Å²) >= 11 is 0. The van der Waals surface area contributed by atoms with Gasteiger partial charge in [-0.25, -0.2) is 9.97 Å². The van der Waals surface area contributed by atoms with Crippen molar-refractivity contribution in [3.05, 3.63) is 11.9 Å². The van der Waals surface area contributed by atoms with Crippen LogP contribution in [0.15, 0.2) is 6.07 Å². The number of hydrogen-bond donors (Lipinski definition) is 2. The van der Waals surface area contributed by atoms with Crippen molar-refractivity contribution in [2.75, 3.05) is 30.3 Å². The topological polar surface area (TPSA) is 76.1 Å². The van der Waals surface area contributed by atoms with Crippen molar-refractivity contribution in [3.8, 4) is 0 Å². The zero-order valence-corrected chi connectivity index (χ0v) is 11.0. The number of alkyl halides is 3. The number of halogens is 3. The zero-order chi connectivity index (χ0) is 15.2. The van der Waals surface area contributed by atoms with Gasteiger partial charge in [0.1, 0.15) is 18.2 Å². The molecular weight excluding hydrogens is 277 g/mol. The standard InChI is InChI=1S/C11H15F3N4O2/c1-3-15-7-5-8(16-6-9(19)20-4-2)18-10(17-7)11(12,13)14/h5H,3-4,6H2,1-2H3,(H2,15,16,17,18). The zero-order valence-electron chi connectivity index (χ0n) is 11.0. The number of carbonyl (C=O) groups excluding carboxylic acids is 1. The molecule has 0 unspecified atom stereocenters. The van der Waals surface area contributed by atoms with Crippen LogP contribution < -0.4 is 10.6 Å². The largest absolute Gasteiger partial charge is 0.465 e. The molecule has 0 saturated carbocycles. The van der Waals surface area contributed by atoms with Gasteiger partial charge in [0, 0.05) is 12.6 Å². The molecule has 2 N–H and O–H groups in total. The van der Waals surface area contributed by atoms with Crippen LogP contribution in [0.1, 0.15) is 19.7 Å². The van der Waals surface area contributed by atoms with Gasteiger partial charge in [-0.05, 0) is 13.8 Å². The first-order valence-electron chi connectivity index (χ1n) is 5.96. The Labute approximate surface area is 113 Å². The molecule has 0 aliphatic rings. The minimum atomic E-state index is -4.66. The summed E-state index contributed by atoms with van der Waals surface area (Å²) in [6, 6.07) is 1.29. The molecule has 1 aromatic rings. The molecule has 0 aliphatic carbocycles. The van der Waals surface area contributed by atoms with Crippen molar-refractivity contribution in [2.45, 2.75) is 20.0 Å². The van der Waals surface area contributed by atoms with Crippen molar-refractivity contribution in [1.82, 2.24) is 9.97 Å². The van der Waals surface area contributed by atoms with E-state index in [1.54, 1.807) is 13.8 Å². The second kappa shape index (κ2) is 6.92. The van der Waals surface area contributed by atoms with E-state index in [9.17, 15) is 18.0 Å². The van der Waals surface area contributed by atoms with Crippen molar-refractivity contribution >= 4 is 17.6 Å². The number of anilines is 2. The van der Waals surface area contributed by atoms with Crippen LogP contribution in [0.4, 0.5) is 24.8 Å². The highest BCUT2D eigenvalue weighted by Crippen LogP contribution is 2.28. The van der Waals surface area contributed by atoms with Crippen molar-refractivity contribution < 1.29 is 22.7 Å². The summed E-state index contributed by atoms with van der Waals surface area (Å²) in [6.07, 6.45) is -4.66. The highest BCUT2D eigenvalue weighted by molar-refractivity contribution is 5.74. The van der Waals surface area contributed by atoms with Gasteiger partial charge in [0.05, 0.1) is 6.61 Å². The van der Waals surface area contributed by atoms with Gasteiger partial charge in [-0.3, -0.25) is 4.79 Å². The van der Waals surface area contributed by atoms with E-state index in [1.165, 1.54) is 6.07 Å². The van der Waals surface area contributed by atoms with Gasteiger partial charge in [0.2, 0.25) is 5.82 Å². The Kier molecular flexibility index (Phi) is 5.53. The Bertz CT molecular complexity index is 465. The van der Waals surface area contributed by atoms with E-state index in [-0.39, 0.29) is 24.8 Å². The highest BCUT2D eigenvalue weighted by atomic mass is 19.4. The number of carbonyl (C=O) groups is 1. The van der Waals surface area contributed by atoms with Crippen LogP contribution in [-0.4, -0.2) is 35.6 Å². The Morgan fingerprint density at radius 1 is 1.25 bits per heavy atom. The molecule has 112 valence electrons. The molecule has 0 saturated heterocycles. The number of hydrogen-bond acceptors (Lipinski definition) is 6. The van der Waals surface area contributed by atoms with Gasteiger partial charge in [-0.15, -0.1) is 0 Å². The molecule has 0 aliphatic heterocycles. The van der Waals surface area contributed by atoms with Gasteiger partial charge in [0.25, 0.3) is 0 Å². The van der Waals surface area contributed by atoms with Crippen LogP contribution in [0, 0.1) is 0 Å². The van der Waals surface area contributed by atoms with Gasteiger partial charge in [-0.1, -0.05) is 0 Å². The molecule has 1 heterocycles. The summed E-state index contributed by atoms with van der Waals surface area (Å²) in [5.74, 6) is -1.93. The summed E-state index contributed by atoms with van der Waals surface area (Å²) in [5, 5.41) is 5.14. The minimum absolute atomic E-state index is 0.0289. The number of esters is 1. The van der Waals surface area contributed by atoms with E-state index in [0.717, 1.165) is 0 Å². The molecule has 6 nitrogen and oxygen atoms in total. The molecule has 9 heteroatoms. The SMILES string of the molecule is CCNc1cc(NCC(=O)OCC)nc(C(F)(F)F)n1. The third-order valence-electron chi connectivity index (χ3n) is 2.06. The first-order valence-corrected chi connectivity index (χ1v) is 5.96. The third-order valence-corrected chi connectivity index (χ3v) is 2.06. The van der Waals surface area contributed by atoms with Gasteiger partial charge in [-0.2, -0.15) is 13.2 Å². The molecule has 0 atom stereocenters. The number of ether oxygens (including phenoxy) is 1.